The Balaban J connectivity index is 1.90. The fourth-order valence-electron chi connectivity index (χ4n) is 2.51. The van der Waals surface area contributed by atoms with Crippen molar-refractivity contribution in [1.82, 2.24) is 9.97 Å². The van der Waals surface area contributed by atoms with E-state index in [4.69, 9.17) is 4.74 Å². The summed E-state index contributed by atoms with van der Waals surface area (Å²) in [7, 11) is 1.67. The molecule has 26 heavy (non-hydrogen) atoms. The number of carbonyl (C=O) groups excluding carboxylic acids is 1. The molecule has 1 aromatic carbocycles. The van der Waals surface area contributed by atoms with Crippen molar-refractivity contribution in [2.24, 2.45) is 0 Å². The van der Waals surface area contributed by atoms with Gasteiger partial charge in [0, 0.05) is 44.7 Å². The lowest BCUT2D eigenvalue weighted by Crippen LogP contribution is -2.21. The van der Waals surface area contributed by atoms with Gasteiger partial charge in [-0.1, -0.05) is 0 Å². The highest BCUT2D eigenvalue weighted by Gasteiger charge is 2.09. The topological polar surface area (TPSA) is 79.4 Å². The lowest BCUT2D eigenvalue weighted by molar-refractivity contribution is 0.102. The van der Waals surface area contributed by atoms with Gasteiger partial charge in [0.15, 0.2) is 0 Å². The molecule has 0 atom stereocenters. The van der Waals surface area contributed by atoms with Gasteiger partial charge in [-0.15, -0.1) is 0 Å². The maximum Gasteiger partial charge on any atom is 0.275 e. The highest BCUT2D eigenvalue weighted by atomic mass is 16.5. The molecule has 2 rings (SSSR count). The molecule has 140 valence electrons. The van der Waals surface area contributed by atoms with Crippen LogP contribution in [0.1, 0.15) is 30.8 Å². The van der Waals surface area contributed by atoms with E-state index in [0.29, 0.717) is 12.4 Å². The van der Waals surface area contributed by atoms with E-state index in [0.717, 1.165) is 37.4 Å². The minimum absolute atomic E-state index is 0.278. The van der Waals surface area contributed by atoms with E-state index in [1.54, 1.807) is 13.3 Å². The number of hydrogen-bond acceptors (Lipinski definition) is 6. The normalized spacial score (nSPS) is 10.4. The molecule has 0 radical (unpaired) electrons. The number of rotatable bonds is 10. The van der Waals surface area contributed by atoms with Crippen molar-refractivity contribution in [2.75, 3.05) is 48.9 Å². The van der Waals surface area contributed by atoms with Gasteiger partial charge in [0.1, 0.15) is 11.5 Å². The molecule has 2 N–H and O–H groups in total. The summed E-state index contributed by atoms with van der Waals surface area (Å²) in [5, 5.41) is 5.98. The van der Waals surface area contributed by atoms with Gasteiger partial charge >= 0.3 is 0 Å². The minimum Gasteiger partial charge on any atom is -0.385 e. The molecule has 2 aromatic rings. The quantitative estimate of drug-likeness (QED) is 0.636. The van der Waals surface area contributed by atoms with Crippen LogP contribution >= 0.6 is 0 Å². The van der Waals surface area contributed by atoms with Crippen molar-refractivity contribution < 1.29 is 9.53 Å². The van der Waals surface area contributed by atoms with Gasteiger partial charge in [0.25, 0.3) is 5.91 Å². The largest absolute Gasteiger partial charge is 0.385 e. The van der Waals surface area contributed by atoms with E-state index in [-0.39, 0.29) is 11.6 Å². The van der Waals surface area contributed by atoms with Gasteiger partial charge < -0.3 is 20.3 Å². The van der Waals surface area contributed by atoms with E-state index in [9.17, 15) is 4.79 Å². The summed E-state index contributed by atoms with van der Waals surface area (Å²) in [6, 6.07) is 7.79. The highest BCUT2D eigenvalue weighted by molar-refractivity contribution is 6.02. The summed E-state index contributed by atoms with van der Waals surface area (Å²) in [5.41, 5.74) is 2.14. The van der Waals surface area contributed by atoms with E-state index in [2.05, 4.69) is 39.3 Å². The third-order valence-corrected chi connectivity index (χ3v) is 3.97. The zero-order chi connectivity index (χ0) is 18.8. The second-order valence-electron chi connectivity index (χ2n) is 5.73. The molecule has 0 fully saturated rings. The number of aromatic nitrogens is 2. The van der Waals surface area contributed by atoms with Crippen LogP contribution in [0.25, 0.3) is 0 Å². The Hall–Kier alpha value is -2.67. The number of benzene rings is 1. The fourth-order valence-corrected chi connectivity index (χ4v) is 2.51. The second kappa shape index (κ2) is 10.4. The average Bonchev–Trinajstić information content (AvgIpc) is 2.68. The summed E-state index contributed by atoms with van der Waals surface area (Å²) in [5.74, 6) is 0.361. The van der Waals surface area contributed by atoms with E-state index in [1.807, 2.05) is 24.3 Å². The van der Waals surface area contributed by atoms with Gasteiger partial charge in [-0.25, -0.2) is 9.97 Å². The van der Waals surface area contributed by atoms with Gasteiger partial charge in [0.2, 0.25) is 0 Å². The second-order valence-corrected chi connectivity index (χ2v) is 5.73. The first-order valence-corrected chi connectivity index (χ1v) is 8.89. The van der Waals surface area contributed by atoms with E-state index < -0.39 is 0 Å². The van der Waals surface area contributed by atoms with Crippen LogP contribution in [-0.2, 0) is 4.74 Å². The molecule has 0 aliphatic heterocycles. The van der Waals surface area contributed by atoms with Crippen LogP contribution in [0, 0.1) is 0 Å². The molecular weight excluding hydrogens is 330 g/mol. The Morgan fingerprint density at radius 2 is 1.85 bits per heavy atom. The zero-order valence-corrected chi connectivity index (χ0v) is 15.7. The molecule has 0 saturated heterocycles. The standard InChI is InChI=1S/C19H27N5O2/c1-4-24(5-2)16-9-7-15(8-10-16)23-19(25)17-13-22-18(14-21-17)20-11-6-12-26-3/h7-10,13-14H,4-6,11-12H2,1-3H3,(H,20,22)(H,23,25). The molecule has 0 aliphatic rings. The summed E-state index contributed by atoms with van der Waals surface area (Å²) in [6.07, 6.45) is 3.91. The third-order valence-electron chi connectivity index (χ3n) is 3.97. The summed E-state index contributed by atoms with van der Waals surface area (Å²) >= 11 is 0. The summed E-state index contributed by atoms with van der Waals surface area (Å²) in [6.45, 7) is 7.57. The minimum atomic E-state index is -0.279. The first kappa shape index (κ1) is 19.7. The molecule has 0 bridgehead atoms. The molecular formula is C19H27N5O2. The van der Waals surface area contributed by atoms with Gasteiger partial charge in [-0.2, -0.15) is 0 Å². The molecule has 0 spiro atoms. The lowest BCUT2D eigenvalue weighted by atomic mass is 10.2. The summed E-state index contributed by atoms with van der Waals surface area (Å²) < 4.78 is 4.99. The first-order chi connectivity index (χ1) is 12.7. The van der Waals surface area contributed by atoms with Crippen LogP contribution in [0.2, 0.25) is 0 Å². The maximum absolute atomic E-state index is 12.3. The first-order valence-electron chi connectivity index (χ1n) is 8.89. The molecule has 7 heteroatoms. The van der Waals surface area contributed by atoms with Gasteiger partial charge in [0.05, 0.1) is 12.4 Å². The third kappa shape index (κ3) is 5.70. The SMILES string of the molecule is CCN(CC)c1ccc(NC(=O)c2cnc(NCCCOC)cn2)cc1. The predicted molar refractivity (Wildman–Crippen MR) is 105 cm³/mol. The van der Waals surface area contributed by atoms with Crippen molar-refractivity contribution in [3.8, 4) is 0 Å². The molecule has 1 amide bonds. The van der Waals surface area contributed by atoms with Crippen molar-refractivity contribution in [2.45, 2.75) is 20.3 Å². The van der Waals surface area contributed by atoms with E-state index >= 15 is 0 Å². The fraction of sp³-hybridized carbons (Fsp3) is 0.421. The monoisotopic (exact) mass is 357 g/mol. The number of hydrogen-bond donors (Lipinski definition) is 2. The Labute approximate surface area is 154 Å². The molecule has 0 aliphatic carbocycles. The average molecular weight is 357 g/mol. The van der Waals surface area contributed by atoms with Crippen molar-refractivity contribution in [3.63, 3.8) is 0 Å². The van der Waals surface area contributed by atoms with E-state index in [1.165, 1.54) is 6.20 Å². The number of methoxy groups -OCH3 is 1. The number of carbonyl (C=O) groups is 1. The van der Waals surface area contributed by atoms with Gasteiger partial charge in [-0.3, -0.25) is 4.79 Å². The van der Waals surface area contributed by atoms with Crippen LogP contribution in [-0.4, -0.2) is 49.2 Å². The molecule has 7 nitrogen and oxygen atoms in total. The number of nitrogens with one attached hydrogen (secondary N) is 2. The summed E-state index contributed by atoms with van der Waals surface area (Å²) in [4.78, 5) is 22.9. The molecule has 1 aromatic heterocycles. The van der Waals surface area contributed by atoms with Crippen LogP contribution in [0.4, 0.5) is 17.2 Å². The Morgan fingerprint density at radius 3 is 2.42 bits per heavy atom. The predicted octanol–water partition coefficient (Wildman–Crippen LogP) is 3.02. The molecule has 1 heterocycles. The maximum atomic E-state index is 12.3. The van der Waals surface area contributed by atoms with Crippen LogP contribution in [0.3, 0.4) is 0 Å². The van der Waals surface area contributed by atoms with Crippen molar-refractivity contribution >= 4 is 23.1 Å². The number of nitrogens with zero attached hydrogens (tertiary/aromatic N) is 3. The Kier molecular flexibility index (Phi) is 7.82. The Morgan fingerprint density at radius 1 is 1.12 bits per heavy atom. The van der Waals surface area contributed by atoms with Crippen LogP contribution in [0.5, 0.6) is 0 Å². The number of ether oxygens (including phenoxy) is 1. The van der Waals surface area contributed by atoms with Gasteiger partial charge in [-0.05, 0) is 44.5 Å². The van der Waals surface area contributed by atoms with Crippen LogP contribution in [0.15, 0.2) is 36.7 Å². The highest BCUT2D eigenvalue weighted by Crippen LogP contribution is 2.18. The smallest absolute Gasteiger partial charge is 0.275 e. The number of amides is 1. The Bertz CT molecular complexity index is 669. The lowest BCUT2D eigenvalue weighted by Gasteiger charge is -2.21. The van der Waals surface area contributed by atoms with Crippen LogP contribution < -0.4 is 15.5 Å². The van der Waals surface area contributed by atoms with Crippen molar-refractivity contribution in [1.29, 1.82) is 0 Å². The van der Waals surface area contributed by atoms with Crippen molar-refractivity contribution in [3.05, 3.63) is 42.4 Å². The zero-order valence-electron chi connectivity index (χ0n) is 15.7. The molecule has 0 saturated carbocycles. The molecule has 0 unspecified atom stereocenters. The number of anilines is 3.